The van der Waals surface area contributed by atoms with Crippen LogP contribution in [0.2, 0.25) is 0 Å². The van der Waals surface area contributed by atoms with Crippen LogP contribution in [-0.2, 0) is 11.3 Å². The zero-order valence-electron chi connectivity index (χ0n) is 11.7. The molecule has 0 spiro atoms. The van der Waals surface area contributed by atoms with Crippen LogP contribution < -0.4 is 0 Å². The number of aromatic nitrogens is 4. The second-order valence-corrected chi connectivity index (χ2v) is 4.92. The molecule has 0 amide bonds. The van der Waals surface area contributed by atoms with Gasteiger partial charge in [-0.2, -0.15) is 0 Å². The highest BCUT2D eigenvalue weighted by Gasteiger charge is 2.16. The van der Waals surface area contributed by atoms with Gasteiger partial charge in [0.25, 0.3) is 0 Å². The summed E-state index contributed by atoms with van der Waals surface area (Å²) in [5.74, 6) is -0.0872. The monoisotopic (exact) mass is 274 g/mol. The van der Waals surface area contributed by atoms with Crippen molar-refractivity contribution in [3.05, 3.63) is 29.8 Å². The van der Waals surface area contributed by atoms with Gasteiger partial charge in [0.2, 0.25) is 0 Å². The van der Waals surface area contributed by atoms with Gasteiger partial charge >= 0.3 is 5.97 Å². The number of tetrazole rings is 1. The van der Waals surface area contributed by atoms with Gasteiger partial charge in [0.05, 0.1) is 0 Å². The fourth-order valence-electron chi connectivity index (χ4n) is 2.07. The van der Waals surface area contributed by atoms with Crippen molar-refractivity contribution in [2.75, 3.05) is 0 Å². The fraction of sp³-hybridized carbons (Fsp3) is 0.429. The molecule has 6 heteroatoms. The molecule has 20 heavy (non-hydrogen) atoms. The molecule has 106 valence electrons. The molecule has 0 aliphatic heterocycles. The van der Waals surface area contributed by atoms with Crippen molar-refractivity contribution >= 4 is 5.97 Å². The number of nitrogens with zero attached hydrogens (tertiary/aromatic N) is 4. The minimum absolute atomic E-state index is 0.0280. The third kappa shape index (κ3) is 3.40. The zero-order valence-corrected chi connectivity index (χ0v) is 11.7. The van der Waals surface area contributed by atoms with E-state index in [1.165, 1.54) is 5.56 Å². The number of benzene rings is 1. The molecule has 6 nitrogen and oxygen atoms in total. The van der Waals surface area contributed by atoms with Crippen LogP contribution in [0, 0.1) is 12.8 Å². The lowest BCUT2D eigenvalue weighted by Crippen LogP contribution is -2.16. The zero-order chi connectivity index (χ0) is 14.5. The Balaban J connectivity index is 2.19. The van der Waals surface area contributed by atoms with Gasteiger partial charge in [0, 0.05) is 18.5 Å². The summed E-state index contributed by atoms with van der Waals surface area (Å²) < 4.78 is 1.68. The highest BCUT2D eigenvalue weighted by Crippen LogP contribution is 2.19. The molecular formula is C14H18N4O2. The second kappa shape index (κ2) is 6.27. The van der Waals surface area contributed by atoms with Crippen LogP contribution in [0.15, 0.2) is 24.3 Å². The first kappa shape index (κ1) is 14.2. The van der Waals surface area contributed by atoms with Gasteiger partial charge in [0.15, 0.2) is 5.82 Å². The average molecular weight is 274 g/mol. The Bertz CT molecular complexity index is 577. The summed E-state index contributed by atoms with van der Waals surface area (Å²) in [5, 5.41) is 20.6. The smallest absolute Gasteiger partial charge is 0.303 e. The summed E-state index contributed by atoms with van der Waals surface area (Å²) in [6, 6.07) is 7.94. The van der Waals surface area contributed by atoms with Gasteiger partial charge < -0.3 is 5.11 Å². The Hall–Kier alpha value is -2.24. The van der Waals surface area contributed by atoms with Crippen molar-refractivity contribution in [1.29, 1.82) is 0 Å². The minimum atomic E-state index is -0.790. The number of aryl methyl sites for hydroxylation is 1. The largest absolute Gasteiger partial charge is 0.481 e. The van der Waals surface area contributed by atoms with E-state index >= 15 is 0 Å². The van der Waals surface area contributed by atoms with E-state index in [1.807, 2.05) is 38.1 Å². The molecule has 1 atom stereocenters. The Kier molecular flexibility index (Phi) is 4.45. The molecule has 0 bridgehead atoms. The minimum Gasteiger partial charge on any atom is -0.481 e. The van der Waals surface area contributed by atoms with Gasteiger partial charge in [-0.25, -0.2) is 4.68 Å². The molecule has 1 aromatic heterocycles. The first-order valence-corrected chi connectivity index (χ1v) is 6.65. The Labute approximate surface area is 117 Å². The van der Waals surface area contributed by atoms with Crippen molar-refractivity contribution in [1.82, 2.24) is 20.2 Å². The molecule has 0 fully saturated rings. The van der Waals surface area contributed by atoms with Gasteiger partial charge in [-0.1, -0.05) is 43.2 Å². The summed E-state index contributed by atoms with van der Waals surface area (Å²) in [6.45, 7) is 4.51. The summed E-state index contributed by atoms with van der Waals surface area (Å²) in [5.41, 5.74) is 2.11. The van der Waals surface area contributed by atoms with E-state index < -0.39 is 5.97 Å². The highest BCUT2D eigenvalue weighted by molar-refractivity contribution is 5.67. The molecule has 0 aliphatic rings. The first-order valence-electron chi connectivity index (χ1n) is 6.65. The molecule has 0 saturated heterocycles. The van der Waals surface area contributed by atoms with E-state index in [0.29, 0.717) is 12.4 Å². The fourth-order valence-corrected chi connectivity index (χ4v) is 2.07. The molecule has 0 saturated carbocycles. The summed E-state index contributed by atoms with van der Waals surface area (Å²) in [4.78, 5) is 10.8. The maximum absolute atomic E-state index is 10.8. The molecule has 2 rings (SSSR count). The molecule has 2 aromatic rings. The molecular weight excluding hydrogens is 256 g/mol. The van der Waals surface area contributed by atoms with E-state index in [1.54, 1.807) is 4.68 Å². The first-order chi connectivity index (χ1) is 9.60. The highest BCUT2D eigenvalue weighted by atomic mass is 16.4. The van der Waals surface area contributed by atoms with Crippen molar-refractivity contribution in [3.8, 4) is 11.4 Å². The van der Waals surface area contributed by atoms with Crippen LogP contribution in [0.1, 0.15) is 25.3 Å². The molecule has 1 unspecified atom stereocenters. The molecule has 0 radical (unpaired) electrons. The second-order valence-electron chi connectivity index (χ2n) is 4.92. The number of carboxylic acids is 1. The number of aliphatic carboxylic acids is 1. The Morgan fingerprint density at radius 3 is 2.65 bits per heavy atom. The number of hydrogen-bond donors (Lipinski definition) is 1. The maximum atomic E-state index is 10.8. The van der Waals surface area contributed by atoms with Crippen LogP contribution in [0.25, 0.3) is 11.4 Å². The normalized spacial score (nSPS) is 12.3. The Morgan fingerprint density at radius 1 is 1.35 bits per heavy atom. The lowest BCUT2D eigenvalue weighted by atomic mass is 10.0. The van der Waals surface area contributed by atoms with Crippen molar-refractivity contribution < 1.29 is 9.90 Å². The number of carbonyl (C=O) groups is 1. The van der Waals surface area contributed by atoms with E-state index in [4.69, 9.17) is 5.11 Å². The summed E-state index contributed by atoms with van der Waals surface area (Å²) >= 11 is 0. The van der Waals surface area contributed by atoms with Crippen LogP contribution in [0.4, 0.5) is 0 Å². The van der Waals surface area contributed by atoms with Gasteiger partial charge in [0.1, 0.15) is 0 Å². The van der Waals surface area contributed by atoms with Gasteiger partial charge in [-0.05, 0) is 23.3 Å². The lowest BCUT2D eigenvalue weighted by Gasteiger charge is -2.13. The third-order valence-electron chi connectivity index (χ3n) is 3.31. The summed E-state index contributed by atoms with van der Waals surface area (Å²) in [6.07, 6.45) is 0.906. The maximum Gasteiger partial charge on any atom is 0.303 e. The van der Waals surface area contributed by atoms with Crippen molar-refractivity contribution in [2.45, 2.75) is 33.2 Å². The van der Waals surface area contributed by atoms with Crippen molar-refractivity contribution in [3.63, 3.8) is 0 Å². The standard InChI is InChI=1S/C14H18N4O2/c1-3-11(8-13(19)20)9-18-14(15-16-17-18)12-6-4-10(2)5-7-12/h4-7,11H,3,8-9H2,1-2H3,(H,19,20). The predicted molar refractivity (Wildman–Crippen MR) is 74.0 cm³/mol. The number of carboxylic acid groups (broad SMARTS) is 1. The number of rotatable bonds is 6. The van der Waals surface area contributed by atoms with Gasteiger partial charge in [-0.15, -0.1) is 5.10 Å². The van der Waals surface area contributed by atoms with E-state index in [9.17, 15) is 4.79 Å². The molecule has 1 heterocycles. The van der Waals surface area contributed by atoms with Gasteiger partial charge in [-0.3, -0.25) is 4.79 Å². The quantitative estimate of drug-likeness (QED) is 0.872. The van der Waals surface area contributed by atoms with E-state index in [2.05, 4.69) is 15.5 Å². The molecule has 0 aliphatic carbocycles. The van der Waals surface area contributed by atoms with Crippen LogP contribution in [0.5, 0.6) is 0 Å². The van der Waals surface area contributed by atoms with Crippen LogP contribution in [-0.4, -0.2) is 31.3 Å². The third-order valence-corrected chi connectivity index (χ3v) is 3.31. The molecule has 1 aromatic carbocycles. The lowest BCUT2D eigenvalue weighted by molar-refractivity contribution is -0.138. The van der Waals surface area contributed by atoms with Crippen molar-refractivity contribution in [2.24, 2.45) is 5.92 Å². The predicted octanol–water partition coefficient (Wildman–Crippen LogP) is 2.15. The topological polar surface area (TPSA) is 80.9 Å². The summed E-state index contributed by atoms with van der Waals surface area (Å²) in [7, 11) is 0. The SMILES string of the molecule is CCC(CC(=O)O)Cn1nnnc1-c1ccc(C)cc1. The number of hydrogen-bond acceptors (Lipinski definition) is 4. The molecule has 1 N–H and O–H groups in total. The van der Waals surface area contributed by atoms with Crippen LogP contribution in [0.3, 0.4) is 0 Å². The average Bonchev–Trinajstić information content (AvgIpc) is 2.86. The van der Waals surface area contributed by atoms with E-state index in [0.717, 1.165) is 12.0 Å². The van der Waals surface area contributed by atoms with Crippen LogP contribution >= 0.6 is 0 Å². The Morgan fingerprint density at radius 2 is 2.05 bits per heavy atom. The van der Waals surface area contributed by atoms with E-state index in [-0.39, 0.29) is 12.3 Å².